The molecule has 1 atom stereocenters. The summed E-state index contributed by atoms with van der Waals surface area (Å²) in [5, 5.41) is 3.28. The van der Waals surface area contributed by atoms with Crippen molar-refractivity contribution < 1.29 is 8.42 Å². The van der Waals surface area contributed by atoms with Crippen molar-refractivity contribution >= 4 is 10.0 Å². The third kappa shape index (κ3) is 4.86. The number of hydrogen-bond acceptors (Lipinski definition) is 3. The summed E-state index contributed by atoms with van der Waals surface area (Å²) in [6, 6.07) is 0.0500. The zero-order valence-electron chi connectivity index (χ0n) is 12.1. The monoisotopic (exact) mass is 276 g/mol. The van der Waals surface area contributed by atoms with Crippen LogP contribution in [0.15, 0.2) is 0 Å². The van der Waals surface area contributed by atoms with Crippen molar-refractivity contribution in [3.8, 4) is 0 Å². The van der Waals surface area contributed by atoms with Crippen LogP contribution in [0.5, 0.6) is 0 Å². The largest absolute Gasteiger partial charge is 0.316 e. The Morgan fingerprint density at radius 1 is 1.28 bits per heavy atom. The van der Waals surface area contributed by atoms with Gasteiger partial charge in [-0.1, -0.05) is 13.8 Å². The zero-order chi connectivity index (χ0) is 13.8. The molecular formula is C13H28N2O2S. The van der Waals surface area contributed by atoms with Crippen LogP contribution >= 0.6 is 0 Å². The summed E-state index contributed by atoms with van der Waals surface area (Å²) in [5.41, 5.74) is 0. The Labute approximate surface area is 112 Å². The Bertz CT molecular complexity index is 333. The van der Waals surface area contributed by atoms with Crippen molar-refractivity contribution in [1.82, 2.24) is 9.62 Å². The molecule has 1 aliphatic rings. The second-order valence-corrected chi connectivity index (χ2v) is 8.01. The van der Waals surface area contributed by atoms with Crippen LogP contribution in [0.2, 0.25) is 0 Å². The van der Waals surface area contributed by atoms with Gasteiger partial charge in [0.15, 0.2) is 0 Å². The van der Waals surface area contributed by atoms with Gasteiger partial charge >= 0.3 is 0 Å². The Morgan fingerprint density at radius 3 is 2.39 bits per heavy atom. The Morgan fingerprint density at radius 2 is 1.94 bits per heavy atom. The van der Waals surface area contributed by atoms with Gasteiger partial charge in [-0.05, 0) is 51.6 Å². The fourth-order valence-corrected chi connectivity index (χ4v) is 4.70. The highest BCUT2D eigenvalue weighted by atomic mass is 32.2. The molecule has 0 aliphatic carbocycles. The summed E-state index contributed by atoms with van der Waals surface area (Å²) in [4.78, 5) is 0. The minimum atomic E-state index is -3.12. The lowest BCUT2D eigenvalue weighted by Crippen LogP contribution is -2.44. The molecule has 0 saturated carbocycles. The minimum absolute atomic E-state index is 0.0500. The topological polar surface area (TPSA) is 49.4 Å². The summed E-state index contributed by atoms with van der Waals surface area (Å²) >= 11 is 0. The highest BCUT2D eigenvalue weighted by Gasteiger charge is 2.29. The molecule has 18 heavy (non-hydrogen) atoms. The van der Waals surface area contributed by atoms with E-state index in [1.807, 2.05) is 13.8 Å². The van der Waals surface area contributed by atoms with E-state index in [-0.39, 0.29) is 12.0 Å². The first-order valence-corrected chi connectivity index (χ1v) is 8.64. The SMILES string of the molecule is CC(C)CN(C(C)C)S(=O)(=O)CC1CCCNC1. The first-order chi connectivity index (χ1) is 8.33. The van der Waals surface area contributed by atoms with Crippen LogP contribution in [0.4, 0.5) is 0 Å². The van der Waals surface area contributed by atoms with Gasteiger partial charge in [0.2, 0.25) is 10.0 Å². The molecule has 1 saturated heterocycles. The number of hydrogen-bond donors (Lipinski definition) is 1. The molecule has 0 radical (unpaired) electrons. The molecule has 1 unspecified atom stereocenters. The standard InChI is InChI=1S/C13H28N2O2S/c1-11(2)9-15(12(3)4)18(16,17)10-13-6-5-7-14-8-13/h11-14H,5-10H2,1-4H3. The molecule has 1 heterocycles. The third-order valence-electron chi connectivity index (χ3n) is 3.32. The summed E-state index contributed by atoms with van der Waals surface area (Å²) < 4.78 is 26.6. The highest BCUT2D eigenvalue weighted by molar-refractivity contribution is 7.89. The van der Waals surface area contributed by atoms with Crippen molar-refractivity contribution in [2.45, 2.75) is 46.6 Å². The molecule has 0 amide bonds. The molecule has 5 heteroatoms. The van der Waals surface area contributed by atoms with Crippen LogP contribution in [0, 0.1) is 11.8 Å². The molecular weight excluding hydrogens is 248 g/mol. The van der Waals surface area contributed by atoms with Crippen LogP contribution in [0.3, 0.4) is 0 Å². The number of nitrogens with one attached hydrogen (secondary N) is 1. The molecule has 0 aromatic carbocycles. The Kier molecular flexibility index (Phi) is 6.08. The van der Waals surface area contributed by atoms with E-state index in [9.17, 15) is 8.42 Å². The van der Waals surface area contributed by atoms with E-state index in [1.54, 1.807) is 4.31 Å². The van der Waals surface area contributed by atoms with E-state index in [2.05, 4.69) is 19.2 Å². The lowest BCUT2D eigenvalue weighted by atomic mass is 10.0. The van der Waals surface area contributed by atoms with E-state index in [0.717, 1.165) is 25.9 Å². The maximum absolute atomic E-state index is 12.5. The molecule has 108 valence electrons. The summed E-state index contributed by atoms with van der Waals surface area (Å²) in [6.07, 6.45) is 2.12. The molecule has 4 nitrogen and oxygen atoms in total. The van der Waals surface area contributed by atoms with Gasteiger partial charge in [-0.25, -0.2) is 8.42 Å². The normalized spacial score (nSPS) is 22.1. The molecule has 0 aromatic rings. The number of rotatable bonds is 6. The molecule has 0 bridgehead atoms. The van der Waals surface area contributed by atoms with E-state index in [0.29, 0.717) is 18.2 Å². The van der Waals surface area contributed by atoms with E-state index in [4.69, 9.17) is 0 Å². The maximum Gasteiger partial charge on any atom is 0.214 e. The van der Waals surface area contributed by atoms with Crippen molar-refractivity contribution in [3.63, 3.8) is 0 Å². The zero-order valence-corrected chi connectivity index (χ0v) is 13.0. The number of nitrogens with zero attached hydrogens (tertiary/aromatic N) is 1. The van der Waals surface area contributed by atoms with Crippen LogP contribution in [-0.2, 0) is 10.0 Å². The molecule has 1 rings (SSSR count). The van der Waals surface area contributed by atoms with E-state index < -0.39 is 10.0 Å². The van der Waals surface area contributed by atoms with Gasteiger partial charge in [-0.15, -0.1) is 0 Å². The fourth-order valence-electron chi connectivity index (χ4n) is 2.47. The predicted octanol–water partition coefficient (Wildman–Crippen LogP) is 1.68. The molecule has 1 aliphatic heterocycles. The average Bonchev–Trinajstić information content (AvgIpc) is 2.26. The van der Waals surface area contributed by atoms with Gasteiger partial charge in [0, 0.05) is 12.6 Å². The predicted molar refractivity (Wildman–Crippen MR) is 76.1 cm³/mol. The van der Waals surface area contributed by atoms with Crippen LogP contribution in [-0.4, -0.2) is 44.2 Å². The Hall–Kier alpha value is -0.130. The second kappa shape index (κ2) is 6.87. The second-order valence-electron chi connectivity index (χ2n) is 6.05. The van der Waals surface area contributed by atoms with Gasteiger partial charge in [0.1, 0.15) is 0 Å². The lowest BCUT2D eigenvalue weighted by molar-refractivity contribution is 0.312. The van der Waals surface area contributed by atoms with Crippen molar-refractivity contribution in [2.75, 3.05) is 25.4 Å². The smallest absolute Gasteiger partial charge is 0.214 e. The first-order valence-electron chi connectivity index (χ1n) is 7.03. The minimum Gasteiger partial charge on any atom is -0.316 e. The fraction of sp³-hybridized carbons (Fsp3) is 1.00. The van der Waals surface area contributed by atoms with E-state index >= 15 is 0 Å². The summed E-state index contributed by atoms with van der Waals surface area (Å²) in [6.45, 7) is 10.5. The maximum atomic E-state index is 12.5. The Balaban J connectivity index is 2.68. The van der Waals surface area contributed by atoms with Crippen molar-refractivity contribution in [3.05, 3.63) is 0 Å². The molecule has 0 aromatic heterocycles. The summed E-state index contributed by atoms with van der Waals surface area (Å²) in [7, 11) is -3.12. The number of piperidine rings is 1. The van der Waals surface area contributed by atoms with Crippen molar-refractivity contribution in [1.29, 1.82) is 0 Å². The molecule has 1 N–H and O–H groups in total. The number of sulfonamides is 1. The van der Waals surface area contributed by atoms with Gasteiger partial charge in [-0.3, -0.25) is 0 Å². The highest BCUT2D eigenvalue weighted by Crippen LogP contribution is 2.18. The van der Waals surface area contributed by atoms with Gasteiger partial charge in [0.25, 0.3) is 0 Å². The molecule has 1 fully saturated rings. The summed E-state index contributed by atoms with van der Waals surface area (Å²) in [5.74, 6) is 0.939. The van der Waals surface area contributed by atoms with Crippen molar-refractivity contribution in [2.24, 2.45) is 11.8 Å². The van der Waals surface area contributed by atoms with Crippen LogP contribution < -0.4 is 5.32 Å². The third-order valence-corrected chi connectivity index (χ3v) is 5.50. The quantitative estimate of drug-likeness (QED) is 0.803. The lowest BCUT2D eigenvalue weighted by Gasteiger charge is -2.30. The van der Waals surface area contributed by atoms with Gasteiger partial charge in [-0.2, -0.15) is 4.31 Å². The first kappa shape index (κ1) is 15.9. The van der Waals surface area contributed by atoms with Gasteiger partial charge in [0.05, 0.1) is 5.75 Å². The van der Waals surface area contributed by atoms with Crippen LogP contribution in [0.1, 0.15) is 40.5 Å². The van der Waals surface area contributed by atoms with Gasteiger partial charge < -0.3 is 5.32 Å². The van der Waals surface area contributed by atoms with E-state index in [1.165, 1.54) is 0 Å². The van der Waals surface area contributed by atoms with Crippen LogP contribution in [0.25, 0.3) is 0 Å². The molecule has 0 spiro atoms. The average molecular weight is 276 g/mol.